The Morgan fingerprint density at radius 2 is 2.22 bits per heavy atom. The second kappa shape index (κ2) is 6.78. The van der Waals surface area contributed by atoms with Gasteiger partial charge < -0.3 is 15.3 Å². The topological polar surface area (TPSA) is 52.6 Å². The fraction of sp³-hybridized carbons (Fsp3) is 0.786. The highest BCUT2D eigenvalue weighted by Gasteiger charge is 2.23. The van der Waals surface area contributed by atoms with E-state index >= 15 is 0 Å². The molecule has 1 heterocycles. The molecule has 4 nitrogen and oxygen atoms in total. The Kier molecular flexibility index (Phi) is 5.05. The molecule has 2 aliphatic rings. The zero-order valence-electron chi connectivity index (χ0n) is 11.0. The van der Waals surface area contributed by atoms with E-state index in [4.69, 9.17) is 5.11 Å². The second-order valence-electron chi connectivity index (χ2n) is 5.47. The third kappa shape index (κ3) is 3.73. The first-order chi connectivity index (χ1) is 8.79. The summed E-state index contributed by atoms with van der Waals surface area (Å²) in [4.78, 5) is 13.9. The third-order valence-corrected chi connectivity index (χ3v) is 3.98. The van der Waals surface area contributed by atoms with E-state index in [0.29, 0.717) is 12.5 Å². The number of likely N-dealkylation sites (tertiary alicyclic amines) is 1. The van der Waals surface area contributed by atoms with Gasteiger partial charge in [-0.25, -0.2) is 4.79 Å². The highest BCUT2D eigenvalue weighted by atomic mass is 16.3. The van der Waals surface area contributed by atoms with E-state index in [2.05, 4.69) is 17.5 Å². The maximum atomic E-state index is 12.0. The van der Waals surface area contributed by atoms with Gasteiger partial charge in [0.2, 0.25) is 0 Å². The summed E-state index contributed by atoms with van der Waals surface area (Å²) in [5.74, 6) is 0.861. The Balaban J connectivity index is 1.71. The first kappa shape index (κ1) is 13.4. The highest BCUT2D eigenvalue weighted by Crippen LogP contribution is 2.18. The van der Waals surface area contributed by atoms with E-state index in [-0.39, 0.29) is 18.6 Å². The summed E-state index contributed by atoms with van der Waals surface area (Å²) in [6, 6.07) is 0.0442. The van der Waals surface area contributed by atoms with Crippen LogP contribution in [0.5, 0.6) is 0 Å². The minimum absolute atomic E-state index is 0.0442. The van der Waals surface area contributed by atoms with Crippen molar-refractivity contribution in [2.45, 2.75) is 32.1 Å². The predicted molar refractivity (Wildman–Crippen MR) is 71.3 cm³/mol. The summed E-state index contributed by atoms with van der Waals surface area (Å²) in [5, 5.41) is 12.2. The van der Waals surface area contributed by atoms with E-state index in [1.807, 2.05) is 4.90 Å². The van der Waals surface area contributed by atoms with Crippen LogP contribution < -0.4 is 5.32 Å². The van der Waals surface area contributed by atoms with Gasteiger partial charge in [0, 0.05) is 26.2 Å². The number of nitrogens with one attached hydrogen (secondary N) is 1. The maximum absolute atomic E-state index is 12.0. The van der Waals surface area contributed by atoms with Crippen LogP contribution in [0.1, 0.15) is 32.1 Å². The number of carbonyl (C=O) groups excluding carboxylic acids is 1. The van der Waals surface area contributed by atoms with Crippen molar-refractivity contribution in [1.82, 2.24) is 10.2 Å². The van der Waals surface area contributed by atoms with Crippen molar-refractivity contribution in [2.24, 2.45) is 11.8 Å². The van der Waals surface area contributed by atoms with E-state index in [1.165, 1.54) is 6.42 Å². The van der Waals surface area contributed by atoms with Gasteiger partial charge in [0.25, 0.3) is 0 Å². The van der Waals surface area contributed by atoms with Crippen molar-refractivity contribution < 1.29 is 9.90 Å². The summed E-state index contributed by atoms with van der Waals surface area (Å²) in [7, 11) is 0. The van der Waals surface area contributed by atoms with Crippen LogP contribution in [0, 0.1) is 11.8 Å². The van der Waals surface area contributed by atoms with Gasteiger partial charge >= 0.3 is 6.03 Å². The van der Waals surface area contributed by atoms with E-state index in [0.717, 1.165) is 38.8 Å². The lowest BCUT2D eigenvalue weighted by Gasteiger charge is -2.32. The molecule has 0 aromatic carbocycles. The molecule has 0 spiro atoms. The van der Waals surface area contributed by atoms with Gasteiger partial charge in [-0.2, -0.15) is 0 Å². The van der Waals surface area contributed by atoms with Crippen molar-refractivity contribution in [2.75, 3.05) is 26.2 Å². The molecule has 1 aliphatic carbocycles. The number of urea groups is 1. The van der Waals surface area contributed by atoms with Crippen molar-refractivity contribution in [1.29, 1.82) is 0 Å². The van der Waals surface area contributed by atoms with Gasteiger partial charge in [-0.1, -0.05) is 12.2 Å². The summed E-state index contributed by atoms with van der Waals surface area (Å²) in [6.45, 7) is 2.50. The molecular formula is C14H24N2O2. The van der Waals surface area contributed by atoms with Gasteiger partial charge in [-0.05, 0) is 43.9 Å². The smallest absolute Gasteiger partial charge is 0.317 e. The molecule has 4 heteroatoms. The number of nitrogens with zero attached hydrogens (tertiary/aromatic N) is 1. The molecule has 2 N–H and O–H groups in total. The normalized spacial score (nSPS) is 28.2. The molecule has 0 radical (unpaired) electrons. The molecule has 0 aromatic rings. The number of aliphatic hydroxyl groups excluding tert-OH is 1. The van der Waals surface area contributed by atoms with Crippen LogP contribution in [0.25, 0.3) is 0 Å². The van der Waals surface area contributed by atoms with Crippen LogP contribution in [0.3, 0.4) is 0 Å². The number of hydrogen-bond acceptors (Lipinski definition) is 2. The Morgan fingerprint density at radius 1 is 1.33 bits per heavy atom. The Hall–Kier alpha value is -1.03. The Bertz CT molecular complexity index is 304. The minimum Gasteiger partial charge on any atom is -0.396 e. The molecule has 2 atom stereocenters. The quantitative estimate of drug-likeness (QED) is 0.752. The molecule has 2 amide bonds. The second-order valence-corrected chi connectivity index (χ2v) is 5.47. The average molecular weight is 252 g/mol. The molecular weight excluding hydrogens is 228 g/mol. The maximum Gasteiger partial charge on any atom is 0.317 e. The van der Waals surface area contributed by atoms with E-state index in [1.54, 1.807) is 0 Å². The largest absolute Gasteiger partial charge is 0.396 e. The molecule has 2 unspecified atom stereocenters. The Morgan fingerprint density at radius 3 is 2.94 bits per heavy atom. The fourth-order valence-corrected chi connectivity index (χ4v) is 2.78. The lowest BCUT2D eigenvalue weighted by molar-refractivity contribution is 0.129. The number of aliphatic hydroxyl groups is 1. The molecule has 1 aliphatic heterocycles. The Labute approximate surface area is 109 Å². The zero-order chi connectivity index (χ0) is 12.8. The third-order valence-electron chi connectivity index (χ3n) is 3.98. The van der Waals surface area contributed by atoms with Crippen LogP contribution in [0.2, 0.25) is 0 Å². The van der Waals surface area contributed by atoms with Crippen molar-refractivity contribution >= 4 is 6.03 Å². The first-order valence-electron chi connectivity index (χ1n) is 7.08. The van der Waals surface area contributed by atoms with Crippen LogP contribution in [0.15, 0.2) is 12.2 Å². The summed E-state index contributed by atoms with van der Waals surface area (Å²) < 4.78 is 0. The van der Waals surface area contributed by atoms with Crippen molar-refractivity contribution in [3.8, 4) is 0 Å². The average Bonchev–Trinajstić information content (AvgIpc) is 2.46. The number of amides is 2. The van der Waals surface area contributed by atoms with Crippen LogP contribution in [-0.4, -0.2) is 42.3 Å². The lowest BCUT2D eigenvalue weighted by atomic mass is 9.94. The molecule has 1 saturated heterocycles. The number of allylic oxidation sites excluding steroid dienone is 2. The highest BCUT2D eigenvalue weighted by molar-refractivity contribution is 5.74. The van der Waals surface area contributed by atoms with Gasteiger partial charge in [0.1, 0.15) is 0 Å². The van der Waals surface area contributed by atoms with Crippen molar-refractivity contribution in [3.05, 3.63) is 12.2 Å². The van der Waals surface area contributed by atoms with Crippen LogP contribution >= 0.6 is 0 Å². The standard InChI is InChI=1S/C14H24N2O2/c17-11-13-7-4-8-16(10-13)14(18)15-9-12-5-2-1-3-6-12/h1-2,12-13,17H,3-11H2,(H,15,18). The molecule has 18 heavy (non-hydrogen) atoms. The van der Waals surface area contributed by atoms with E-state index < -0.39 is 0 Å². The molecule has 1 fully saturated rings. The SMILES string of the molecule is O=C(NCC1CC=CCC1)N1CCCC(CO)C1. The predicted octanol–water partition coefficient (Wildman–Crippen LogP) is 1.76. The van der Waals surface area contributed by atoms with Gasteiger partial charge in [-0.3, -0.25) is 0 Å². The monoisotopic (exact) mass is 252 g/mol. The molecule has 0 saturated carbocycles. The fourth-order valence-electron chi connectivity index (χ4n) is 2.78. The number of rotatable bonds is 3. The molecule has 102 valence electrons. The number of carbonyl (C=O) groups is 1. The molecule has 2 rings (SSSR count). The van der Waals surface area contributed by atoms with Gasteiger partial charge in [0.05, 0.1) is 0 Å². The van der Waals surface area contributed by atoms with Gasteiger partial charge in [-0.15, -0.1) is 0 Å². The number of hydrogen-bond donors (Lipinski definition) is 2. The summed E-state index contributed by atoms with van der Waals surface area (Å²) >= 11 is 0. The zero-order valence-corrected chi connectivity index (χ0v) is 11.0. The lowest BCUT2D eigenvalue weighted by Crippen LogP contribution is -2.47. The van der Waals surface area contributed by atoms with Crippen molar-refractivity contribution in [3.63, 3.8) is 0 Å². The molecule has 0 bridgehead atoms. The number of piperidine rings is 1. The van der Waals surface area contributed by atoms with E-state index in [9.17, 15) is 4.79 Å². The van der Waals surface area contributed by atoms with Crippen LogP contribution in [0.4, 0.5) is 4.79 Å². The van der Waals surface area contributed by atoms with Crippen LogP contribution in [-0.2, 0) is 0 Å². The molecule has 0 aromatic heterocycles. The summed E-state index contributed by atoms with van der Waals surface area (Å²) in [5.41, 5.74) is 0. The van der Waals surface area contributed by atoms with Gasteiger partial charge in [0.15, 0.2) is 0 Å². The summed E-state index contributed by atoms with van der Waals surface area (Å²) in [6.07, 6.45) is 9.86. The minimum atomic E-state index is 0.0442. The first-order valence-corrected chi connectivity index (χ1v) is 7.08.